The average Bonchev–Trinajstić information content (AvgIpc) is 3.18. The van der Waals surface area contributed by atoms with Crippen LogP contribution in [0.1, 0.15) is 16.1 Å². The van der Waals surface area contributed by atoms with Crippen LogP contribution in [0.3, 0.4) is 0 Å². The summed E-state index contributed by atoms with van der Waals surface area (Å²) in [4.78, 5) is 16.8. The Hall–Kier alpha value is -3.67. The lowest BCUT2D eigenvalue weighted by Gasteiger charge is -2.05. The van der Waals surface area contributed by atoms with E-state index in [9.17, 15) is 4.79 Å². The number of nitrogens with zero attached hydrogens (tertiary/aromatic N) is 2. The molecule has 0 fully saturated rings. The Morgan fingerprint density at radius 2 is 1.89 bits per heavy atom. The van der Waals surface area contributed by atoms with Crippen molar-refractivity contribution in [3.8, 4) is 17.1 Å². The Bertz CT molecular complexity index is 1120. The topological polar surface area (TPSA) is 77.2 Å². The van der Waals surface area contributed by atoms with Crippen LogP contribution in [0.15, 0.2) is 65.3 Å². The second-order valence-corrected chi connectivity index (χ2v) is 6.18. The summed E-state index contributed by atoms with van der Waals surface area (Å²) < 4.78 is 10.5. The third-order valence-corrected chi connectivity index (χ3v) is 4.23. The molecule has 1 N–H and O–H groups in total. The fraction of sp³-hybridized carbons (Fsp3) is 0.0952. The Morgan fingerprint density at radius 1 is 1.07 bits per heavy atom. The van der Waals surface area contributed by atoms with E-state index in [4.69, 9.17) is 9.26 Å². The van der Waals surface area contributed by atoms with Crippen molar-refractivity contribution in [2.75, 3.05) is 12.4 Å². The molecular weight excluding hydrogens is 342 g/mol. The monoisotopic (exact) mass is 359 g/mol. The Labute approximate surface area is 155 Å². The predicted molar refractivity (Wildman–Crippen MR) is 103 cm³/mol. The van der Waals surface area contributed by atoms with E-state index in [1.807, 2.05) is 55.5 Å². The highest BCUT2D eigenvalue weighted by Crippen LogP contribution is 2.23. The number of methoxy groups -OCH3 is 1. The van der Waals surface area contributed by atoms with Gasteiger partial charge < -0.3 is 14.6 Å². The lowest BCUT2D eigenvalue weighted by molar-refractivity contribution is 0.101. The number of rotatable bonds is 4. The van der Waals surface area contributed by atoms with E-state index in [0.29, 0.717) is 11.4 Å². The molecule has 0 bridgehead atoms. The fourth-order valence-electron chi connectivity index (χ4n) is 2.73. The van der Waals surface area contributed by atoms with Crippen LogP contribution in [-0.2, 0) is 0 Å². The maximum Gasteiger partial charge on any atom is 0.277 e. The number of amides is 1. The van der Waals surface area contributed by atoms with Crippen molar-refractivity contribution < 1.29 is 14.1 Å². The number of pyridine rings is 1. The van der Waals surface area contributed by atoms with Crippen LogP contribution in [0.2, 0.25) is 0 Å². The zero-order chi connectivity index (χ0) is 18.8. The highest BCUT2D eigenvalue weighted by molar-refractivity contribution is 6.04. The Morgan fingerprint density at radius 3 is 2.67 bits per heavy atom. The van der Waals surface area contributed by atoms with Crippen LogP contribution in [0.25, 0.3) is 22.2 Å². The molecule has 4 rings (SSSR count). The highest BCUT2D eigenvalue weighted by atomic mass is 16.5. The first kappa shape index (κ1) is 16.8. The molecule has 0 saturated heterocycles. The second-order valence-electron chi connectivity index (χ2n) is 6.18. The van der Waals surface area contributed by atoms with Crippen LogP contribution in [0, 0.1) is 6.92 Å². The summed E-state index contributed by atoms with van der Waals surface area (Å²) in [7, 11) is 1.61. The van der Waals surface area contributed by atoms with Gasteiger partial charge in [0.1, 0.15) is 5.75 Å². The van der Waals surface area contributed by atoms with Crippen molar-refractivity contribution in [3.05, 3.63) is 72.1 Å². The number of benzene rings is 2. The van der Waals surface area contributed by atoms with Crippen molar-refractivity contribution >= 4 is 22.5 Å². The minimum atomic E-state index is -0.355. The van der Waals surface area contributed by atoms with Gasteiger partial charge in [-0.25, -0.2) is 0 Å². The number of hydrogen-bond donors (Lipinski definition) is 1. The third kappa shape index (κ3) is 3.50. The molecule has 0 aliphatic carbocycles. The van der Waals surface area contributed by atoms with Gasteiger partial charge in [-0.3, -0.25) is 9.78 Å². The Kier molecular flexibility index (Phi) is 4.30. The lowest BCUT2D eigenvalue weighted by Crippen LogP contribution is -2.12. The summed E-state index contributed by atoms with van der Waals surface area (Å²) in [5.74, 6) is 0.925. The molecule has 2 aromatic carbocycles. The smallest absolute Gasteiger partial charge is 0.277 e. The normalized spacial score (nSPS) is 10.7. The molecule has 0 atom stereocenters. The number of carbonyl (C=O) groups is 1. The van der Waals surface area contributed by atoms with Crippen LogP contribution < -0.4 is 10.1 Å². The van der Waals surface area contributed by atoms with Crippen LogP contribution in [0.4, 0.5) is 5.69 Å². The summed E-state index contributed by atoms with van der Waals surface area (Å²) in [6.07, 6.45) is 1.60. The van der Waals surface area contributed by atoms with Gasteiger partial charge in [0, 0.05) is 23.1 Å². The van der Waals surface area contributed by atoms with Gasteiger partial charge in [-0.15, -0.1) is 0 Å². The zero-order valence-corrected chi connectivity index (χ0v) is 14.9. The number of aryl methyl sites for hydroxylation is 1. The first-order chi connectivity index (χ1) is 13.1. The van der Waals surface area contributed by atoms with E-state index in [1.54, 1.807) is 19.4 Å². The maximum absolute atomic E-state index is 12.5. The molecular formula is C21H17N3O3. The molecule has 4 aromatic rings. The molecule has 2 aromatic heterocycles. The Balaban J connectivity index is 1.53. The van der Waals surface area contributed by atoms with E-state index in [1.165, 1.54) is 0 Å². The van der Waals surface area contributed by atoms with Crippen molar-refractivity contribution in [1.82, 2.24) is 10.1 Å². The number of ether oxygens (including phenoxy) is 1. The van der Waals surface area contributed by atoms with Crippen LogP contribution >= 0.6 is 0 Å². The number of nitrogens with one attached hydrogen (secondary N) is 1. The maximum atomic E-state index is 12.5. The van der Waals surface area contributed by atoms with E-state index < -0.39 is 0 Å². The standard InChI is InChI=1S/C21H17N3O3/c1-13-3-5-14(6-4-13)20-11-19(24-27-20)21(25)23-16-9-15-7-8-17(26-2)10-18(15)22-12-16/h3-12H,1-2H3,(H,23,25). The van der Waals surface area contributed by atoms with Crippen LogP contribution in [-0.4, -0.2) is 23.2 Å². The largest absolute Gasteiger partial charge is 0.497 e. The van der Waals surface area contributed by atoms with Gasteiger partial charge in [0.2, 0.25) is 0 Å². The first-order valence-electron chi connectivity index (χ1n) is 8.41. The van der Waals surface area contributed by atoms with E-state index in [0.717, 1.165) is 27.8 Å². The highest BCUT2D eigenvalue weighted by Gasteiger charge is 2.14. The molecule has 0 saturated carbocycles. The predicted octanol–water partition coefficient (Wildman–Crippen LogP) is 4.46. The van der Waals surface area contributed by atoms with Gasteiger partial charge in [-0.1, -0.05) is 35.0 Å². The lowest BCUT2D eigenvalue weighted by atomic mass is 10.1. The molecule has 0 radical (unpaired) electrons. The average molecular weight is 359 g/mol. The van der Waals surface area contributed by atoms with E-state index >= 15 is 0 Å². The minimum Gasteiger partial charge on any atom is -0.497 e. The van der Waals surface area contributed by atoms with E-state index in [2.05, 4.69) is 15.5 Å². The molecule has 27 heavy (non-hydrogen) atoms. The molecule has 0 unspecified atom stereocenters. The number of aromatic nitrogens is 2. The summed E-state index contributed by atoms with van der Waals surface area (Å²) in [6.45, 7) is 2.01. The summed E-state index contributed by atoms with van der Waals surface area (Å²) in [5, 5.41) is 7.57. The van der Waals surface area contributed by atoms with Gasteiger partial charge >= 0.3 is 0 Å². The van der Waals surface area contributed by atoms with Gasteiger partial charge in [0.15, 0.2) is 11.5 Å². The molecule has 1 amide bonds. The van der Waals surface area contributed by atoms with Crippen molar-refractivity contribution in [2.24, 2.45) is 0 Å². The SMILES string of the molecule is COc1ccc2cc(NC(=O)c3cc(-c4ccc(C)cc4)on3)cnc2c1. The third-order valence-electron chi connectivity index (χ3n) is 4.23. The quantitative estimate of drug-likeness (QED) is 0.582. The molecule has 0 aliphatic rings. The molecule has 0 spiro atoms. The van der Waals surface area contributed by atoms with Crippen molar-refractivity contribution in [1.29, 1.82) is 0 Å². The van der Waals surface area contributed by atoms with Crippen LogP contribution in [0.5, 0.6) is 5.75 Å². The number of fused-ring (bicyclic) bond motifs is 1. The van der Waals surface area contributed by atoms with Gasteiger partial charge in [0.25, 0.3) is 5.91 Å². The molecule has 0 aliphatic heterocycles. The summed E-state index contributed by atoms with van der Waals surface area (Å²) in [5.41, 5.74) is 3.60. The fourth-order valence-corrected chi connectivity index (χ4v) is 2.73. The molecule has 6 heteroatoms. The van der Waals surface area contributed by atoms with Gasteiger partial charge in [-0.2, -0.15) is 0 Å². The molecule has 6 nitrogen and oxygen atoms in total. The second kappa shape index (κ2) is 6.92. The number of carbonyl (C=O) groups excluding carboxylic acids is 1. The number of anilines is 1. The van der Waals surface area contributed by atoms with Gasteiger partial charge in [0.05, 0.1) is 24.5 Å². The zero-order valence-electron chi connectivity index (χ0n) is 14.9. The first-order valence-corrected chi connectivity index (χ1v) is 8.41. The minimum absolute atomic E-state index is 0.209. The molecule has 134 valence electrons. The molecule has 2 heterocycles. The van der Waals surface area contributed by atoms with Gasteiger partial charge in [-0.05, 0) is 25.1 Å². The number of hydrogen-bond acceptors (Lipinski definition) is 5. The summed E-state index contributed by atoms with van der Waals surface area (Å²) in [6, 6.07) is 16.9. The van der Waals surface area contributed by atoms with Crippen molar-refractivity contribution in [3.63, 3.8) is 0 Å². The van der Waals surface area contributed by atoms with E-state index in [-0.39, 0.29) is 11.6 Å². The summed E-state index contributed by atoms with van der Waals surface area (Å²) >= 11 is 0. The van der Waals surface area contributed by atoms with Crippen molar-refractivity contribution in [2.45, 2.75) is 6.92 Å².